The zero-order chi connectivity index (χ0) is 16.2. The highest BCUT2D eigenvalue weighted by Crippen LogP contribution is 2.34. The van der Waals surface area contributed by atoms with Crippen LogP contribution in [0.3, 0.4) is 0 Å². The van der Waals surface area contributed by atoms with Gasteiger partial charge in [-0.3, -0.25) is 4.79 Å². The summed E-state index contributed by atoms with van der Waals surface area (Å²) in [7, 11) is 1.75. The molecule has 2 N–H and O–H groups in total. The molecule has 0 aliphatic heterocycles. The number of rotatable bonds is 6. The molecule has 118 valence electrons. The van der Waals surface area contributed by atoms with Gasteiger partial charge in [-0.05, 0) is 73.8 Å². The highest BCUT2D eigenvalue weighted by Gasteiger charge is 2.19. The Labute approximate surface area is 164 Å². The first-order valence-electron chi connectivity index (χ1n) is 6.06. The van der Waals surface area contributed by atoms with Crippen LogP contribution in [0.5, 0.6) is 0 Å². The van der Waals surface area contributed by atoms with E-state index in [4.69, 9.17) is 9.84 Å². The Morgan fingerprint density at radius 1 is 1.38 bits per heavy atom. The second-order valence-electron chi connectivity index (χ2n) is 4.41. The van der Waals surface area contributed by atoms with E-state index in [1.54, 1.807) is 11.9 Å². The number of halogens is 3. The van der Waals surface area contributed by atoms with Gasteiger partial charge in [-0.2, -0.15) is 0 Å². The molecule has 5 nitrogen and oxygen atoms in total. The largest absolute Gasteiger partial charge is 0.394 e. The van der Waals surface area contributed by atoms with E-state index in [9.17, 15) is 9.90 Å². The third kappa shape index (κ3) is 5.41. The quantitative estimate of drug-likeness (QED) is 0.474. The molecule has 1 amide bonds. The normalized spacial score (nSPS) is 12.3. The molecule has 0 fully saturated rings. The third-order valence-corrected chi connectivity index (χ3v) is 5.76. The van der Waals surface area contributed by atoms with Crippen LogP contribution >= 0.6 is 67.8 Å². The summed E-state index contributed by atoms with van der Waals surface area (Å²) in [5.74, 6) is -0.0328. The van der Waals surface area contributed by atoms with E-state index < -0.39 is 6.10 Å². The first kappa shape index (κ1) is 19.8. The zero-order valence-corrected chi connectivity index (χ0v) is 18.0. The van der Waals surface area contributed by atoms with E-state index in [2.05, 4.69) is 67.8 Å². The van der Waals surface area contributed by atoms with E-state index in [0.717, 1.165) is 22.0 Å². The van der Waals surface area contributed by atoms with Crippen molar-refractivity contribution in [3.63, 3.8) is 0 Å². The summed E-state index contributed by atoms with van der Waals surface area (Å²) >= 11 is 6.66. The molecule has 0 heterocycles. The van der Waals surface area contributed by atoms with Gasteiger partial charge in [-0.25, -0.2) is 0 Å². The van der Waals surface area contributed by atoms with Crippen molar-refractivity contribution >= 4 is 79.4 Å². The fourth-order valence-corrected chi connectivity index (χ4v) is 5.97. The van der Waals surface area contributed by atoms with Gasteiger partial charge < -0.3 is 19.8 Å². The number of ether oxygens (including phenoxy) is 1. The van der Waals surface area contributed by atoms with E-state index in [-0.39, 0.29) is 19.1 Å². The summed E-state index contributed by atoms with van der Waals surface area (Å²) < 4.78 is 8.44. The Kier molecular flexibility index (Phi) is 8.63. The van der Waals surface area contributed by atoms with Gasteiger partial charge >= 0.3 is 0 Å². The Bertz CT molecular complexity index is 525. The summed E-state index contributed by atoms with van der Waals surface area (Å²) in [5, 5.41) is 18.1. The number of aliphatic hydroxyl groups is 2. The highest BCUT2D eigenvalue weighted by atomic mass is 127. The minimum atomic E-state index is -0.872. The van der Waals surface area contributed by atoms with Crippen molar-refractivity contribution in [2.45, 2.75) is 19.6 Å². The van der Waals surface area contributed by atoms with Crippen molar-refractivity contribution in [1.82, 2.24) is 0 Å². The lowest BCUT2D eigenvalue weighted by molar-refractivity contribution is -0.116. The number of hydrogen-bond donors (Lipinski definition) is 2. The molecule has 0 radical (unpaired) electrons. The number of benzene rings is 1. The number of nitrogens with zero attached hydrogens (tertiary/aromatic N) is 1. The zero-order valence-electron chi connectivity index (χ0n) is 11.6. The molecule has 1 atom stereocenters. The number of anilines is 1. The number of amides is 1. The number of aliphatic hydroxyl groups excluding tert-OH is 2. The van der Waals surface area contributed by atoms with E-state index in [0.29, 0.717) is 6.61 Å². The van der Waals surface area contributed by atoms with Crippen molar-refractivity contribution in [1.29, 1.82) is 0 Å². The van der Waals surface area contributed by atoms with Crippen LogP contribution in [0.25, 0.3) is 0 Å². The van der Waals surface area contributed by atoms with Crippen molar-refractivity contribution in [2.24, 2.45) is 0 Å². The van der Waals surface area contributed by atoms with Crippen LogP contribution in [-0.2, 0) is 16.1 Å². The van der Waals surface area contributed by atoms with Crippen LogP contribution in [0.4, 0.5) is 5.69 Å². The van der Waals surface area contributed by atoms with Gasteiger partial charge in [0.05, 0.1) is 25.5 Å². The summed E-state index contributed by atoms with van der Waals surface area (Å²) in [6.45, 7) is 1.60. The molecule has 0 aliphatic carbocycles. The molecule has 8 heteroatoms. The molecule has 0 spiro atoms. The highest BCUT2D eigenvalue weighted by molar-refractivity contribution is 14.1. The van der Waals surface area contributed by atoms with E-state index in [1.165, 1.54) is 6.92 Å². The minimum Gasteiger partial charge on any atom is -0.394 e. The van der Waals surface area contributed by atoms with Gasteiger partial charge in [0.2, 0.25) is 5.91 Å². The second-order valence-corrected chi connectivity index (χ2v) is 7.81. The maximum atomic E-state index is 11.6. The fraction of sp³-hybridized carbons (Fsp3) is 0.462. The molecule has 1 rings (SSSR count). The van der Waals surface area contributed by atoms with Crippen molar-refractivity contribution in [2.75, 3.05) is 25.2 Å². The monoisotopic (exact) mass is 631 g/mol. The number of carbonyl (C=O) groups is 1. The van der Waals surface area contributed by atoms with Crippen LogP contribution in [0, 0.1) is 10.7 Å². The molecule has 0 saturated heterocycles. The first-order valence-corrected chi connectivity index (χ1v) is 9.30. The summed E-state index contributed by atoms with van der Waals surface area (Å²) in [5.41, 5.74) is 1.84. The van der Waals surface area contributed by atoms with E-state index in [1.807, 2.05) is 6.07 Å². The van der Waals surface area contributed by atoms with Crippen LogP contribution < -0.4 is 4.90 Å². The van der Waals surface area contributed by atoms with Crippen molar-refractivity contribution < 1.29 is 19.7 Å². The lowest BCUT2D eigenvalue weighted by Crippen LogP contribution is -2.25. The Morgan fingerprint density at radius 2 is 2.00 bits per heavy atom. The van der Waals surface area contributed by atoms with Crippen LogP contribution in [0.1, 0.15) is 12.5 Å². The molecule has 1 unspecified atom stereocenters. The lowest BCUT2D eigenvalue weighted by atomic mass is 10.2. The smallest absolute Gasteiger partial charge is 0.223 e. The first-order chi connectivity index (χ1) is 9.79. The van der Waals surface area contributed by atoms with Gasteiger partial charge in [0.15, 0.2) is 0 Å². The third-order valence-electron chi connectivity index (χ3n) is 2.82. The number of carbonyl (C=O) groups excluding carboxylic acids is 1. The summed E-state index contributed by atoms with van der Waals surface area (Å²) in [4.78, 5) is 13.2. The molecular formula is C13H16I3NO4. The molecule has 0 saturated carbocycles. The minimum absolute atomic E-state index is 0.0328. The average Bonchev–Trinajstić information content (AvgIpc) is 2.41. The molecule has 1 aromatic carbocycles. The number of hydrogen-bond acceptors (Lipinski definition) is 4. The average molecular weight is 631 g/mol. The maximum Gasteiger partial charge on any atom is 0.223 e. The van der Waals surface area contributed by atoms with Gasteiger partial charge in [-0.15, -0.1) is 0 Å². The summed E-state index contributed by atoms with van der Waals surface area (Å²) in [6, 6.07) is 2.00. The van der Waals surface area contributed by atoms with E-state index >= 15 is 0 Å². The Balaban J connectivity index is 3.04. The second kappa shape index (κ2) is 9.15. The Morgan fingerprint density at radius 3 is 2.52 bits per heavy atom. The molecule has 0 bridgehead atoms. The molecule has 1 aromatic rings. The topological polar surface area (TPSA) is 70.0 Å². The summed E-state index contributed by atoms with van der Waals surface area (Å²) in [6.07, 6.45) is -0.872. The molecule has 0 aliphatic rings. The van der Waals surface area contributed by atoms with Gasteiger partial charge in [0.1, 0.15) is 6.10 Å². The van der Waals surface area contributed by atoms with Crippen molar-refractivity contribution in [3.8, 4) is 0 Å². The maximum absolute atomic E-state index is 11.6. The molecule has 21 heavy (non-hydrogen) atoms. The van der Waals surface area contributed by atoms with Crippen molar-refractivity contribution in [3.05, 3.63) is 22.3 Å². The van der Waals surface area contributed by atoms with Gasteiger partial charge in [0, 0.05) is 30.2 Å². The van der Waals surface area contributed by atoms with Crippen LogP contribution in [0.2, 0.25) is 0 Å². The van der Waals surface area contributed by atoms with Crippen LogP contribution in [-0.4, -0.2) is 42.5 Å². The van der Waals surface area contributed by atoms with Gasteiger partial charge in [-0.1, -0.05) is 0 Å². The molecular weight excluding hydrogens is 615 g/mol. The Hall–Kier alpha value is 0.760. The SMILES string of the molecule is CC(=O)N(C)c1c(I)cc(I)c(COCC(O)CO)c1I. The molecule has 0 aromatic heterocycles. The van der Waals surface area contributed by atoms with Gasteiger partial charge in [0.25, 0.3) is 0 Å². The predicted molar refractivity (Wildman–Crippen MR) is 106 cm³/mol. The fourth-order valence-electron chi connectivity index (χ4n) is 1.57. The predicted octanol–water partition coefficient (Wildman–Crippen LogP) is 2.35. The van der Waals surface area contributed by atoms with Crippen LogP contribution in [0.15, 0.2) is 6.07 Å². The standard InChI is InChI=1S/C13H16I3NO4/c1-7(19)17(2)13-11(15)3-10(14)9(12(13)16)6-21-5-8(20)4-18/h3,8,18,20H,4-6H2,1-2H3. The lowest BCUT2D eigenvalue weighted by Gasteiger charge is -2.22.